The third-order valence-electron chi connectivity index (χ3n) is 3.58. The normalized spacial score (nSPS) is 28.9. The molecule has 0 aromatic heterocycles. The molecule has 3 heteroatoms. The van der Waals surface area contributed by atoms with Gasteiger partial charge in [-0.2, -0.15) is 0 Å². The van der Waals surface area contributed by atoms with Gasteiger partial charge in [0.15, 0.2) is 0 Å². The lowest BCUT2D eigenvalue weighted by Gasteiger charge is -2.36. The molecule has 0 bridgehead atoms. The van der Waals surface area contributed by atoms with Crippen molar-refractivity contribution in [2.24, 2.45) is 0 Å². The summed E-state index contributed by atoms with van der Waals surface area (Å²) >= 11 is 0. The van der Waals surface area contributed by atoms with Gasteiger partial charge >= 0.3 is 0 Å². The zero-order valence-electron chi connectivity index (χ0n) is 9.34. The van der Waals surface area contributed by atoms with Crippen LogP contribution < -0.4 is 5.32 Å². The molecule has 2 heterocycles. The summed E-state index contributed by atoms with van der Waals surface area (Å²) in [5.74, 6) is 0. The molecule has 0 unspecified atom stereocenters. The molecule has 0 aliphatic carbocycles. The Balaban J connectivity index is 1.81. The van der Waals surface area contributed by atoms with Crippen LogP contribution in [0.25, 0.3) is 0 Å². The van der Waals surface area contributed by atoms with Crippen molar-refractivity contribution in [3.8, 4) is 0 Å². The number of hydrogen-bond acceptors (Lipinski definition) is 3. The van der Waals surface area contributed by atoms with Gasteiger partial charge < -0.3 is 10.2 Å². The Morgan fingerprint density at radius 2 is 1.79 bits per heavy atom. The molecule has 0 atom stereocenters. The molecule has 2 aliphatic rings. The highest BCUT2D eigenvalue weighted by atomic mass is 15.2. The van der Waals surface area contributed by atoms with E-state index in [4.69, 9.17) is 0 Å². The Kier molecular flexibility index (Phi) is 3.79. The van der Waals surface area contributed by atoms with Crippen LogP contribution in [-0.4, -0.2) is 62.2 Å². The monoisotopic (exact) mass is 197 g/mol. The van der Waals surface area contributed by atoms with E-state index in [2.05, 4.69) is 22.2 Å². The van der Waals surface area contributed by atoms with E-state index in [1.807, 2.05) is 0 Å². The fraction of sp³-hybridized carbons (Fsp3) is 1.00. The van der Waals surface area contributed by atoms with Crippen LogP contribution >= 0.6 is 0 Å². The molecule has 14 heavy (non-hydrogen) atoms. The molecule has 3 nitrogen and oxygen atoms in total. The Bertz CT molecular complexity index is 156. The lowest BCUT2D eigenvalue weighted by Crippen LogP contribution is -2.44. The van der Waals surface area contributed by atoms with Gasteiger partial charge in [0.1, 0.15) is 0 Å². The lowest BCUT2D eigenvalue weighted by molar-refractivity contribution is 0.127. The predicted molar refractivity (Wildman–Crippen MR) is 59.6 cm³/mol. The van der Waals surface area contributed by atoms with Crippen LogP contribution in [0.4, 0.5) is 0 Å². The molecule has 2 rings (SSSR count). The maximum absolute atomic E-state index is 3.47. The second kappa shape index (κ2) is 5.10. The second-order valence-electron chi connectivity index (χ2n) is 4.67. The number of piperidine rings is 1. The van der Waals surface area contributed by atoms with Crippen LogP contribution in [0.5, 0.6) is 0 Å². The maximum Gasteiger partial charge on any atom is 0.0120 e. The van der Waals surface area contributed by atoms with Crippen molar-refractivity contribution in [2.45, 2.75) is 25.3 Å². The molecule has 82 valence electrons. The summed E-state index contributed by atoms with van der Waals surface area (Å²) in [5, 5.41) is 3.47. The summed E-state index contributed by atoms with van der Waals surface area (Å²) in [6.07, 6.45) is 4.07. The average Bonchev–Trinajstić information content (AvgIpc) is 2.47. The minimum atomic E-state index is 0.867. The van der Waals surface area contributed by atoms with E-state index in [1.165, 1.54) is 58.5 Å². The first-order valence-electron chi connectivity index (χ1n) is 5.99. The summed E-state index contributed by atoms with van der Waals surface area (Å²) < 4.78 is 0. The van der Waals surface area contributed by atoms with Gasteiger partial charge in [-0.15, -0.1) is 0 Å². The van der Waals surface area contributed by atoms with Gasteiger partial charge in [-0.3, -0.25) is 4.90 Å². The molecular formula is C11H23N3. The van der Waals surface area contributed by atoms with Gasteiger partial charge in [-0.05, 0) is 52.5 Å². The highest BCUT2D eigenvalue weighted by Gasteiger charge is 2.23. The quantitative estimate of drug-likeness (QED) is 0.655. The van der Waals surface area contributed by atoms with Crippen LogP contribution in [-0.2, 0) is 0 Å². The van der Waals surface area contributed by atoms with Crippen LogP contribution in [0.1, 0.15) is 19.3 Å². The summed E-state index contributed by atoms with van der Waals surface area (Å²) in [6.45, 7) is 7.54. The van der Waals surface area contributed by atoms with E-state index < -0.39 is 0 Å². The third kappa shape index (κ3) is 2.69. The molecule has 0 spiro atoms. The Morgan fingerprint density at radius 3 is 2.57 bits per heavy atom. The molecule has 2 aliphatic heterocycles. The average molecular weight is 197 g/mol. The van der Waals surface area contributed by atoms with E-state index in [1.54, 1.807) is 0 Å². The smallest absolute Gasteiger partial charge is 0.0120 e. The number of nitrogens with one attached hydrogen (secondary N) is 1. The van der Waals surface area contributed by atoms with Gasteiger partial charge in [0, 0.05) is 19.1 Å². The van der Waals surface area contributed by atoms with Crippen molar-refractivity contribution in [2.75, 3.05) is 46.3 Å². The van der Waals surface area contributed by atoms with Gasteiger partial charge in [0.2, 0.25) is 0 Å². The molecule has 0 amide bonds. The van der Waals surface area contributed by atoms with E-state index in [0.717, 1.165) is 6.04 Å². The molecule has 1 N–H and O–H groups in total. The van der Waals surface area contributed by atoms with Gasteiger partial charge in [-0.1, -0.05) is 0 Å². The number of hydrogen-bond donors (Lipinski definition) is 1. The maximum atomic E-state index is 3.47. The Hall–Kier alpha value is -0.120. The summed E-state index contributed by atoms with van der Waals surface area (Å²) in [7, 11) is 2.24. The van der Waals surface area contributed by atoms with Crippen molar-refractivity contribution < 1.29 is 0 Å². The van der Waals surface area contributed by atoms with Crippen LogP contribution in [0.2, 0.25) is 0 Å². The molecule has 2 saturated heterocycles. The highest BCUT2D eigenvalue weighted by molar-refractivity contribution is 4.80. The van der Waals surface area contributed by atoms with Gasteiger partial charge in [0.05, 0.1) is 0 Å². The predicted octanol–water partition coefficient (Wildman–Crippen LogP) is 0.376. The molecular weight excluding hydrogens is 174 g/mol. The van der Waals surface area contributed by atoms with Crippen LogP contribution in [0.3, 0.4) is 0 Å². The first-order chi connectivity index (χ1) is 6.86. The standard InChI is InChI=1S/C11H23N3/c1-13-8-3-11(4-9-13)14-7-2-5-12-6-10-14/h11-12H,2-10H2,1H3. The zero-order chi connectivity index (χ0) is 9.80. The summed E-state index contributed by atoms with van der Waals surface area (Å²) in [4.78, 5) is 5.15. The fourth-order valence-electron chi connectivity index (χ4n) is 2.59. The van der Waals surface area contributed by atoms with E-state index >= 15 is 0 Å². The first kappa shape index (κ1) is 10.4. The van der Waals surface area contributed by atoms with Crippen molar-refractivity contribution in [1.82, 2.24) is 15.1 Å². The minimum absolute atomic E-state index is 0.867. The minimum Gasteiger partial charge on any atom is -0.315 e. The highest BCUT2D eigenvalue weighted by Crippen LogP contribution is 2.15. The molecule has 0 aromatic rings. The van der Waals surface area contributed by atoms with Gasteiger partial charge in [0.25, 0.3) is 0 Å². The van der Waals surface area contributed by atoms with E-state index in [0.29, 0.717) is 0 Å². The topological polar surface area (TPSA) is 18.5 Å². The third-order valence-corrected chi connectivity index (χ3v) is 3.58. The van der Waals surface area contributed by atoms with Crippen molar-refractivity contribution in [1.29, 1.82) is 0 Å². The summed E-state index contributed by atoms with van der Waals surface area (Å²) in [6, 6.07) is 0.867. The largest absolute Gasteiger partial charge is 0.315 e. The zero-order valence-corrected chi connectivity index (χ0v) is 9.34. The van der Waals surface area contributed by atoms with Crippen molar-refractivity contribution in [3.05, 3.63) is 0 Å². The SMILES string of the molecule is CN1CCC(N2CCCNCC2)CC1. The molecule has 0 saturated carbocycles. The number of nitrogens with zero attached hydrogens (tertiary/aromatic N) is 2. The van der Waals surface area contributed by atoms with Crippen LogP contribution in [0.15, 0.2) is 0 Å². The Labute approximate surface area is 87.4 Å². The first-order valence-corrected chi connectivity index (χ1v) is 5.99. The van der Waals surface area contributed by atoms with E-state index in [9.17, 15) is 0 Å². The Morgan fingerprint density at radius 1 is 1.00 bits per heavy atom. The molecule has 2 fully saturated rings. The van der Waals surface area contributed by atoms with Crippen LogP contribution in [0, 0.1) is 0 Å². The van der Waals surface area contributed by atoms with E-state index in [-0.39, 0.29) is 0 Å². The molecule has 0 aromatic carbocycles. The lowest BCUT2D eigenvalue weighted by atomic mass is 10.0. The second-order valence-corrected chi connectivity index (χ2v) is 4.67. The van der Waals surface area contributed by atoms with Crippen molar-refractivity contribution >= 4 is 0 Å². The fourth-order valence-corrected chi connectivity index (χ4v) is 2.59. The van der Waals surface area contributed by atoms with Crippen molar-refractivity contribution in [3.63, 3.8) is 0 Å². The molecule has 0 radical (unpaired) electrons. The van der Waals surface area contributed by atoms with Gasteiger partial charge in [-0.25, -0.2) is 0 Å². The number of rotatable bonds is 1. The summed E-state index contributed by atoms with van der Waals surface area (Å²) in [5.41, 5.74) is 0. The number of likely N-dealkylation sites (tertiary alicyclic amines) is 1.